The molecule has 0 amide bonds. The molecule has 0 bridgehead atoms. The standard InChI is InChI=1S/C12H14BrIO/c1-3-4-8(2)12(15)10-7-9(14)5-6-11(10)13/h5-8H,3-4H2,1-2H3. The van der Waals surface area contributed by atoms with Gasteiger partial charge < -0.3 is 0 Å². The maximum Gasteiger partial charge on any atom is 0.166 e. The number of hydrogen-bond acceptors (Lipinski definition) is 1. The molecule has 0 heterocycles. The maximum atomic E-state index is 12.1. The minimum atomic E-state index is 0.115. The van der Waals surface area contributed by atoms with Crippen LogP contribution >= 0.6 is 38.5 Å². The lowest BCUT2D eigenvalue weighted by Gasteiger charge is -2.10. The Bertz CT molecular complexity index is 363. The average Bonchev–Trinajstić information content (AvgIpc) is 2.21. The van der Waals surface area contributed by atoms with Crippen molar-refractivity contribution in [2.75, 3.05) is 0 Å². The van der Waals surface area contributed by atoms with E-state index in [1.54, 1.807) is 0 Å². The quantitative estimate of drug-likeness (QED) is 0.547. The first-order chi connectivity index (χ1) is 7.06. The van der Waals surface area contributed by atoms with Crippen molar-refractivity contribution < 1.29 is 4.79 Å². The van der Waals surface area contributed by atoms with Gasteiger partial charge in [0, 0.05) is 19.5 Å². The van der Waals surface area contributed by atoms with Gasteiger partial charge in [-0.15, -0.1) is 0 Å². The monoisotopic (exact) mass is 380 g/mol. The summed E-state index contributed by atoms with van der Waals surface area (Å²) in [7, 11) is 0. The third kappa shape index (κ3) is 3.55. The van der Waals surface area contributed by atoms with E-state index in [1.807, 2.05) is 25.1 Å². The zero-order valence-corrected chi connectivity index (χ0v) is 12.6. The lowest BCUT2D eigenvalue weighted by atomic mass is 9.95. The van der Waals surface area contributed by atoms with Crippen LogP contribution in [0, 0.1) is 9.49 Å². The van der Waals surface area contributed by atoms with Crippen LogP contribution in [0.1, 0.15) is 37.0 Å². The molecule has 3 heteroatoms. The van der Waals surface area contributed by atoms with E-state index >= 15 is 0 Å². The van der Waals surface area contributed by atoms with Crippen LogP contribution in [0.3, 0.4) is 0 Å². The first-order valence-corrected chi connectivity index (χ1v) is 6.92. The maximum absolute atomic E-state index is 12.1. The minimum Gasteiger partial charge on any atom is -0.294 e. The van der Waals surface area contributed by atoms with E-state index in [4.69, 9.17) is 0 Å². The highest BCUT2D eigenvalue weighted by molar-refractivity contribution is 14.1. The van der Waals surface area contributed by atoms with E-state index in [1.165, 1.54) is 0 Å². The molecule has 82 valence electrons. The predicted octanol–water partition coefficient (Wildman–Crippen LogP) is 4.67. The van der Waals surface area contributed by atoms with Crippen molar-refractivity contribution in [1.82, 2.24) is 0 Å². The fourth-order valence-electron chi connectivity index (χ4n) is 1.52. The zero-order valence-electron chi connectivity index (χ0n) is 8.89. The summed E-state index contributed by atoms with van der Waals surface area (Å²) < 4.78 is 2.00. The van der Waals surface area contributed by atoms with Crippen LogP contribution in [-0.2, 0) is 0 Å². The van der Waals surface area contributed by atoms with Gasteiger partial charge in [0.2, 0.25) is 0 Å². The van der Waals surface area contributed by atoms with Crippen molar-refractivity contribution in [2.45, 2.75) is 26.7 Å². The van der Waals surface area contributed by atoms with Crippen LogP contribution in [0.2, 0.25) is 0 Å². The zero-order chi connectivity index (χ0) is 11.4. The average molecular weight is 381 g/mol. The third-order valence-corrected chi connectivity index (χ3v) is 3.73. The van der Waals surface area contributed by atoms with E-state index in [9.17, 15) is 4.79 Å². The van der Waals surface area contributed by atoms with Gasteiger partial charge in [-0.25, -0.2) is 0 Å². The highest BCUT2D eigenvalue weighted by Crippen LogP contribution is 2.23. The van der Waals surface area contributed by atoms with Crippen LogP contribution < -0.4 is 0 Å². The van der Waals surface area contributed by atoms with E-state index in [0.29, 0.717) is 0 Å². The first kappa shape index (κ1) is 13.2. The number of rotatable bonds is 4. The lowest BCUT2D eigenvalue weighted by Crippen LogP contribution is -2.11. The molecule has 0 spiro atoms. The molecule has 1 atom stereocenters. The Hall–Kier alpha value is 0.1000. The van der Waals surface area contributed by atoms with Gasteiger partial charge in [-0.05, 0) is 47.2 Å². The summed E-state index contributed by atoms with van der Waals surface area (Å²) in [5.41, 5.74) is 0.808. The molecule has 1 aromatic carbocycles. The number of Topliss-reactive ketones (excluding diaryl/α,β-unsaturated/α-hetero) is 1. The second kappa shape index (κ2) is 5.99. The van der Waals surface area contributed by atoms with Crippen molar-refractivity contribution in [1.29, 1.82) is 0 Å². The summed E-state index contributed by atoms with van der Waals surface area (Å²) in [6.07, 6.45) is 2.01. The molecule has 0 fully saturated rings. The van der Waals surface area contributed by atoms with E-state index in [-0.39, 0.29) is 11.7 Å². The smallest absolute Gasteiger partial charge is 0.166 e. The van der Waals surface area contributed by atoms with E-state index in [0.717, 1.165) is 26.4 Å². The summed E-state index contributed by atoms with van der Waals surface area (Å²) in [4.78, 5) is 12.1. The number of hydrogen-bond donors (Lipinski definition) is 0. The molecule has 0 aliphatic carbocycles. The SMILES string of the molecule is CCCC(C)C(=O)c1cc(I)ccc1Br. The number of carbonyl (C=O) groups excluding carboxylic acids is 1. The summed E-state index contributed by atoms with van der Waals surface area (Å²) >= 11 is 5.65. The van der Waals surface area contributed by atoms with Crippen LogP contribution in [0.25, 0.3) is 0 Å². The highest BCUT2D eigenvalue weighted by Gasteiger charge is 2.16. The molecule has 0 N–H and O–H groups in total. The van der Waals surface area contributed by atoms with Gasteiger partial charge in [0.1, 0.15) is 0 Å². The Kier molecular flexibility index (Phi) is 5.26. The molecule has 0 radical (unpaired) electrons. The normalized spacial score (nSPS) is 12.5. The third-order valence-electron chi connectivity index (χ3n) is 2.36. The molecule has 0 aliphatic rings. The number of ketones is 1. The Morgan fingerprint density at radius 2 is 2.20 bits per heavy atom. The second-order valence-electron chi connectivity index (χ2n) is 3.68. The molecule has 1 nitrogen and oxygen atoms in total. The van der Waals surface area contributed by atoms with Gasteiger partial charge in [-0.3, -0.25) is 4.79 Å². The lowest BCUT2D eigenvalue weighted by molar-refractivity contribution is 0.0922. The van der Waals surface area contributed by atoms with Crippen LogP contribution in [0.15, 0.2) is 22.7 Å². The second-order valence-corrected chi connectivity index (χ2v) is 5.78. The highest BCUT2D eigenvalue weighted by atomic mass is 127. The van der Waals surface area contributed by atoms with Crippen molar-refractivity contribution in [3.63, 3.8) is 0 Å². The fourth-order valence-corrected chi connectivity index (χ4v) is 2.45. The number of carbonyl (C=O) groups is 1. The molecular formula is C12H14BrIO. The van der Waals surface area contributed by atoms with E-state index in [2.05, 4.69) is 45.4 Å². The van der Waals surface area contributed by atoms with E-state index < -0.39 is 0 Å². The van der Waals surface area contributed by atoms with Crippen molar-refractivity contribution in [2.24, 2.45) is 5.92 Å². The molecular weight excluding hydrogens is 367 g/mol. The Balaban J connectivity index is 2.95. The summed E-state index contributed by atoms with van der Waals surface area (Å²) in [6, 6.07) is 5.87. The summed E-state index contributed by atoms with van der Waals surface area (Å²) in [5.74, 6) is 0.353. The molecule has 0 saturated heterocycles. The Morgan fingerprint density at radius 3 is 2.80 bits per heavy atom. The fraction of sp³-hybridized carbons (Fsp3) is 0.417. The molecule has 1 unspecified atom stereocenters. The topological polar surface area (TPSA) is 17.1 Å². The van der Waals surface area contributed by atoms with Gasteiger partial charge >= 0.3 is 0 Å². The van der Waals surface area contributed by atoms with Gasteiger partial charge in [-0.2, -0.15) is 0 Å². The number of halogens is 2. The Morgan fingerprint density at radius 1 is 1.53 bits per heavy atom. The molecule has 0 aliphatic heterocycles. The predicted molar refractivity (Wildman–Crippen MR) is 75.3 cm³/mol. The first-order valence-electron chi connectivity index (χ1n) is 5.05. The van der Waals surface area contributed by atoms with Crippen LogP contribution in [-0.4, -0.2) is 5.78 Å². The van der Waals surface area contributed by atoms with Crippen molar-refractivity contribution in [3.05, 3.63) is 31.8 Å². The molecule has 1 rings (SSSR count). The van der Waals surface area contributed by atoms with Gasteiger partial charge in [0.25, 0.3) is 0 Å². The molecule has 0 aromatic heterocycles. The van der Waals surface area contributed by atoms with Crippen LogP contribution in [0.5, 0.6) is 0 Å². The summed E-state index contributed by atoms with van der Waals surface area (Å²) in [5, 5.41) is 0. The van der Waals surface area contributed by atoms with Crippen molar-refractivity contribution in [3.8, 4) is 0 Å². The van der Waals surface area contributed by atoms with Crippen molar-refractivity contribution >= 4 is 44.3 Å². The molecule has 15 heavy (non-hydrogen) atoms. The number of benzene rings is 1. The van der Waals surface area contributed by atoms with Gasteiger partial charge in [-0.1, -0.05) is 36.2 Å². The van der Waals surface area contributed by atoms with Gasteiger partial charge in [0.05, 0.1) is 0 Å². The largest absolute Gasteiger partial charge is 0.294 e. The Labute approximate surface area is 113 Å². The minimum absolute atomic E-state index is 0.115. The molecule has 1 aromatic rings. The summed E-state index contributed by atoms with van der Waals surface area (Å²) in [6.45, 7) is 4.10. The van der Waals surface area contributed by atoms with Crippen LogP contribution in [0.4, 0.5) is 0 Å². The molecule has 0 saturated carbocycles. The van der Waals surface area contributed by atoms with Gasteiger partial charge in [0.15, 0.2) is 5.78 Å².